The number of anilines is 1. The van der Waals surface area contributed by atoms with Gasteiger partial charge in [0.05, 0.1) is 6.54 Å². The van der Waals surface area contributed by atoms with E-state index in [1.54, 1.807) is 66.7 Å². The molecule has 0 unspecified atom stereocenters. The predicted octanol–water partition coefficient (Wildman–Crippen LogP) is 2.16. The lowest BCUT2D eigenvalue weighted by atomic mass is 10.1. The first-order valence-corrected chi connectivity index (χ1v) is 11.8. The molecule has 0 spiro atoms. The number of nitrogens with one attached hydrogen (secondary N) is 4. The summed E-state index contributed by atoms with van der Waals surface area (Å²) in [6.45, 7) is 0.107. The van der Waals surface area contributed by atoms with Crippen molar-refractivity contribution in [2.24, 2.45) is 5.73 Å². The lowest BCUT2D eigenvalue weighted by molar-refractivity contribution is -0.130. The zero-order valence-corrected chi connectivity index (χ0v) is 20.8. The highest BCUT2D eigenvalue weighted by atomic mass is 19.1. The van der Waals surface area contributed by atoms with Crippen LogP contribution < -0.4 is 27.2 Å². The third-order valence-electron chi connectivity index (χ3n) is 5.32. The molecule has 0 aliphatic rings. The summed E-state index contributed by atoms with van der Waals surface area (Å²) >= 11 is 0. The number of rotatable bonds is 9. The van der Waals surface area contributed by atoms with Crippen LogP contribution in [0, 0.1) is 29.5 Å². The first kappa shape index (κ1) is 31.2. The molecular formula is C30H30FN5O4. The highest BCUT2D eigenvalue weighted by Crippen LogP contribution is 2.09. The molecule has 7 N–H and O–H groups in total. The van der Waals surface area contributed by atoms with Gasteiger partial charge in [-0.15, -0.1) is 0 Å². The Kier molecular flexibility index (Phi) is 12.5. The van der Waals surface area contributed by atoms with Gasteiger partial charge in [-0.2, -0.15) is 0 Å². The minimum absolute atomic E-state index is 0. The number of benzene rings is 3. The van der Waals surface area contributed by atoms with E-state index < -0.39 is 17.9 Å². The van der Waals surface area contributed by atoms with E-state index in [1.807, 2.05) is 0 Å². The topological polar surface area (TPSA) is 146 Å². The summed E-state index contributed by atoms with van der Waals surface area (Å²) in [4.78, 5) is 35.8. The average Bonchev–Trinajstić information content (AvgIpc) is 2.95. The van der Waals surface area contributed by atoms with Crippen molar-refractivity contribution in [2.45, 2.75) is 20.0 Å². The number of nitrogens with two attached hydrogens (primary N) is 1. The van der Waals surface area contributed by atoms with Crippen LogP contribution in [0.1, 0.15) is 34.5 Å². The van der Waals surface area contributed by atoms with Crippen LogP contribution in [0.25, 0.3) is 0 Å². The Balaban J connectivity index is 0.00000560. The molecule has 3 amide bonds. The smallest absolute Gasteiger partial charge is 0.267 e. The fraction of sp³-hybridized carbons (Fsp3) is 0.167. The molecule has 206 valence electrons. The normalized spacial score (nSPS) is 10.4. The third-order valence-corrected chi connectivity index (χ3v) is 5.32. The number of hydroxylamine groups is 1. The summed E-state index contributed by atoms with van der Waals surface area (Å²) < 4.78 is 13.6. The van der Waals surface area contributed by atoms with Crippen LogP contribution in [-0.2, 0) is 16.1 Å². The Bertz CT molecular complexity index is 1440. The van der Waals surface area contributed by atoms with Gasteiger partial charge < -0.3 is 21.7 Å². The Hall–Kier alpha value is -5.00. The van der Waals surface area contributed by atoms with Crippen LogP contribution in [0.5, 0.6) is 0 Å². The Morgan fingerprint density at radius 1 is 0.900 bits per heavy atom. The standard InChI is InChI=1S/C29H26FN5O4.CH4/c30-25-8-4-3-7-23(25)18-32-19-27(36)33-24-15-11-21(12-16-24)6-2-1-5-20-9-13-22(14-10-20)28(37)34-26(17-31)29(38)35-39;/h3-4,7-16,26,32,39H,17-19,31H2,(H,33,36)(H,34,37)(H,35,38);1H4/t26-;/m0./s1. The van der Waals surface area contributed by atoms with Gasteiger partial charge in [0.25, 0.3) is 11.8 Å². The van der Waals surface area contributed by atoms with Crippen molar-refractivity contribution in [1.82, 2.24) is 16.1 Å². The fourth-order valence-electron chi connectivity index (χ4n) is 3.26. The van der Waals surface area contributed by atoms with Crippen molar-refractivity contribution in [3.63, 3.8) is 0 Å². The molecule has 1 atom stereocenters. The molecule has 0 bridgehead atoms. The SMILES string of the molecule is C.NC[C@H](NC(=O)c1ccc(C#CC#Cc2ccc(NC(=O)CNCc3ccccc3F)cc2)cc1)C(=O)NO. The number of carbonyl (C=O) groups is 3. The molecule has 9 nitrogen and oxygen atoms in total. The van der Waals surface area contributed by atoms with Crippen LogP contribution in [0.4, 0.5) is 10.1 Å². The van der Waals surface area contributed by atoms with E-state index >= 15 is 0 Å². The molecule has 3 aromatic rings. The molecule has 0 saturated heterocycles. The second kappa shape index (κ2) is 16.1. The molecule has 3 rings (SSSR count). The van der Waals surface area contributed by atoms with Gasteiger partial charge in [0.2, 0.25) is 5.91 Å². The number of carbonyl (C=O) groups excluding carboxylic acids is 3. The van der Waals surface area contributed by atoms with Crippen molar-refractivity contribution < 1.29 is 24.0 Å². The maximum Gasteiger partial charge on any atom is 0.267 e. The van der Waals surface area contributed by atoms with Gasteiger partial charge in [0, 0.05) is 41.0 Å². The largest absolute Gasteiger partial charge is 0.339 e. The van der Waals surface area contributed by atoms with Crippen molar-refractivity contribution >= 4 is 23.4 Å². The van der Waals surface area contributed by atoms with Crippen LogP contribution in [0.3, 0.4) is 0 Å². The van der Waals surface area contributed by atoms with Crippen molar-refractivity contribution in [3.8, 4) is 23.7 Å². The molecule has 40 heavy (non-hydrogen) atoms. The van der Waals surface area contributed by atoms with Gasteiger partial charge in [-0.05, 0) is 66.4 Å². The third kappa shape index (κ3) is 9.71. The highest BCUT2D eigenvalue weighted by molar-refractivity contribution is 5.97. The molecule has 3 aromatic carbocycles. The van der Waals surface area contributed by atoms with Crippen molar-refractivity contribution in [3.05, 3.63) is 101 Å². The lowest BCUT2D eigenvalue weighted by Crippen LogP contribution is -2.50. The first-order chi connectivity index (χ1) is 18.9. The summed E-state index contributed by atoms with van der Waals surface area (Å²) in [5.41, 5.74) is 9.60. The average molecular weight is 544 g/mol. The van der Waals surface area contributed by atoms with E-state index in [4.69, 9.17) is 10.9 Å². The van der Waals surface area contributed by atoms with Crippen LogP contribution in [0.15, 0.2) is 72.8 Å². The Morgan fingerprint density at radius 2 is 1.50 bits per heavy atom. The minimum atomic E-state index is -1.06. The summed E-state index contributed by atoms with van der Waals surface area (Å²) in [7, 11) is 0. The number of halogens is 1. The monoisotopic (exact) mass is 543 g/mol. The zero-order valence-electron chi connectivity index (χ0n) is 20.8. The molecule has 0 aromatic heterocycles. The first-order valence-electron chi connectivity index (χ1n) is 11.8. The molecule has 0 aliphatic heterocycles. The predicted molar refractivity (Wildman–Crippen MR) is 150 cm³/mol. The van der Waals surface area contributed by atoms with Crippen LogP contribution >= 0.6 is 0 Å². The Labute approximate surface area is 232 Å². The Morgan fingerprint density at radius 3 is 2.08 bits per heavy atom. The van der Waals surface area contributed by atoms with Crippen LogP contribution in [0.2, 0.25) is 0 Å². The summed E-state index contributed by atoms with van der Waals surface area (Å²) in [6, 6.07) is 18.6. The molecule has 0 saturated carbocycles. The molecule has 0 heterocycles. The van der Waals surface area contributed by atoms with Gasteiger partial charge in [-0.25, -0.2) is 9.87 Å². The minimum Gasteiger partial charge on any atom is -0.339 e. The maximum absolute atomic E-state index is 13.6. The molecular weight excluding hydrogens is 513 g/mol. The lowest BCUT2D eigenvalue weighted by Gasteiger charge is -2.14. The van der Waals surface area contributed by atoms with Gasteiger partial charge in [0.15, 0.2) is 0 Å². The van der Waals surface area contributed by atoms with E-state index in [2.05, 4.69) is 39.6 Å². The van der Waals surface area contributed by atoms with Gasteiger partial charge in [-0.3, -0.25) is 19.6 Å². The van der Waals surface area contributed by atoms with E-state index in [0.717, 1.165) is 0 Å². The second-order valence-corrected chi connectivity index (χ2v) is 8.14. The summed E-state index contributed by atoms with van der Waals surface area (Å²) in [5, 5.41) is 16.8. The van der Waals surface area contributed by atoms with Crippen molar-refractivity contribution in [2.75, 3.05) is 18.4 Å². The van der Waals surface area contributed by atoms with Gasteiger partial charge in [0.1, 0.15) is 11.9 Å². The van der Waals surface area contributed by atoms with E-state index in [9.17, 15) is 18.8 Å². The van der Waals surface area contributed by atoms with Gasteiger partial charge >= 0.3 is 0 Å². The summed E-state index contributed by atoms with van der Waals surface area (Å²) in [6.07, 6.45) is 0. The second-order valence-electron chi connectivity index (χ2n) is 8.14. The molecule has 10 heteroatoms. The van der Waals surface area contributed by atoms with Gasteiger partial charge in [-0.1, -0.05) is 37.5 Å². The van der Waals surface area contributed by atoms with E-state index in [0.29, 0.717) is 27.9 Å². The van der Waals surface area contributed by atoms with Crippen LogP contribution in [-0.4, -0.2) is 42.1 Å². The quantitative estimate of drug-likeness (QED) is 0.139. The molecule has 0 fully saturated rings. The van der Waals surface area contributed by atoms with Crippen molar-refractivity contribution in [1.29, 1.82) is 0 Å². The molecule has 0 radical (unpaired) electrons. The number of hydrogen-bond acceptors (Lipinski definition) is 6. The number of amides is 3. The summed E-state index contributed by atoms with van der Waals surface area (Å²) in [5.74, 6) is 9.36. The number of hydrogen-bond donors (Lipinski definition) is 6. The molecule has 0 aliphatic carbocycles. The zero-order chi connectivity index (χ0) is 28.0. The highest BCUT2D eigenvalue weighted by Gasteiger charge is 2.19. The van der Waals surface area contributed by atoms with E-state index in [1.165, 1.54) is 11.5 Å². The maximum atomic E-state index is 13.6. The fourth-order valence-corrected chi connectivity index (χ4v) is 3.26. The van der Waals surface area contributed by atoms with E-state index in [-0.39, 0.29) is 38.8 Å².